The van der Waals surface area contributed by atoms with Crippen LogP contribution in [-0.2, 0) is 15.7 Å². The molecule has 0 saturated heterocycles. The fourth-order valence-electron chi connectivity index (χ4n) is 3.28. The summed E-state index contributed by atoms with van der Waals surface area (Å²) in [5.74, 6) is -0.684. The van der Waals surface area contributed by atoms with Crippen molar-refractivity contribution in [3.8, 4) is 0 Å². The molecular weight excluding hydrogens is 479 g/mol. The number of amides is 2. The third kappa shape index (κ3) is 4.68. The van der Waals surface area contributed by atoms with Gasteiger partial charge in [0, 0.05) is 11.0 Å². The highest BCUT2D eigenvalue weighted by atomic mass is 79.9. The molecule has 0 spiro atoms. The van der Waals surface area contributed by atoms with Gasteiger partial charge in [-0.1, -0.05) is 34.1 Å². The third-order valence-electron chi connectivity index (χ3n) is 4.66. The summed E-state index contributed by atoms with van der Waals surface area (Å²) in [6.45, 7) is 1.72. The molecule has 0 fully saturated rings. The summed E-state index contributed by atoms with van der Waals surface area (Å²) in [5, 5.41) is 2.72. The Kier molecular flexibility index (Phi) is 6.59. The highest BCUT2D eigenvalue weighted by Gasteiger charge is 2.39. The molecule has 10 heteroatoms. The van der Waals surface area contributed by atoms with Crippen LogP contribution in [0.2, 0.25) is 0 Å². The van der Waals surface area contributed by atoms with Crippen LogP contribution in [0.25, 0.3) is 0 Å². The van der Waals surface area contributed by atoms with Gasteiger partial charge >= 0.3 is 18.2 Å². The molecule has 0 radical (unpaired) electrons. The molecule has 3 N–H and O–H groups in total. The second-order valence-electron chi connectivity index (χ2n) is 6.65. The summed E-state index contributed by atoms with van der Waals surface area (Å²) in [7, 11) is 0. The van der Waals surface area contributed by atoms with Gasteiger partial charge in [0.05, 0.1) is 35.2 Å². The van der Waals surface area contributed by atoms with Gasteiger partial charge in [0.1, 0.15) is 0 Å². The molecule has 0 bridgehead atoms. The number of benzene rings is 2. The Morgan fingerprint density at radius 3 is 2.48 bits per heavy atom. The van der Waals surface area contributed by atoms with Gasteiger partial charge in [-0.3, -0.25) is 4.90 Å². The van der Waals surface area contributed by atoms with Gasteiger partial charge in [-0.05, 0) is 42.8 Å². The summed E-state index contributed by atoms with van der Waals surface area (Å²) in [5.41, 5.74) is 6.16. The van der Waals surface area contributed by atoms with Crippen molar-refractivity contribution in [3.05, 3.63) is 70.9 Å². The minimum Gasteiger partial charge on any atom is -0.463 e. The zero-order chi connectivity index (χ0) is 22.8. The second kappa shape index (κ2) is 9.01. The Balaban J connectivity index is 2.18. The average Bonchev–Trinajstić information content (AvgIpc) is 2.73. The third-order valence-corrected chi connectivity index (χ3v) is 5.19. The van der Waals surface area contributed by atoms with Crippen molar-refractivity contribution in [2.45, 2.75) is 19.1 Å². The van der Waals surface area contributed by atoms with E-state index in [4.69, 9.17) is 10.5 Å². The molecule has 6 nitrogen and oxygen atoms in total. The predicted molar refractivity (Wildman–Crippen MR) is 114 cm³/mol. The van der Waals surface area contributed by atoms with Crippen molar-refractivity contribution in [2.24, 2.45) is 0 Å². The molecule has 31 heavy (non-hydrogen) atoms. The van der Waals surface area contributed by atoms with Gasteiger partial charge in [-0.15, -0.1) is 0 Å². The highest BCUT2D eigenvalue weighted by Crippen LogP contribution is 2.37. The lowest BCUT2D eigenvalue weighted by Crippen LogP contribution is -2.49. The van der Waals surface area contributed by atoms with Crippen molar-refractivity contribution < 1.29 is 27.5 Å². The number of anilines is 2. The number of ether oxygens (including phenoxy) is 1. The number of nitrogen functional groups attached to an aromatic ring is 1. The van der Waals surface area contributed by atoms with Crippen molar-refractivity contribution in [1.82, 2.24) is 5.32 Å². The molecule has 3 rings (SSSR count). The number of nitrogens with two attached hydrogens (primary N) is 1. The van der Waals surface area contributed by atoms with E-state index in [-0.39, 0.29) is 28.9 Å². The number of halogens is 4. The molecule has 164 valence electrons. The maximum absolute atomic E-state index is 13.2. The molecule has 0 aliphatic carbocycles. The first kappa shape index (κ1) is 22.7. The van der Waals surface area contributed by atoms with E-state index in [1.54, 1.807) is 31.2 Å². The number of carbonyl (C=O) groups excluding carboxylic acids is 2. The smallest absolute Gasteiger partial charge is 0.416 e. The zero-order valence-corrected chi connectivity index (χ0v) is 18.0. The molecule has 0 saturated carbocycles. The predicted octanol–water partition coefficient (Wildman–Crippen LogP) is 4.77. The van der Waals surface area contributed by atoms with E-state index >= 15 is 0 Å². The van der Waals surface area contributed by atoms with Crippen LogP contribution in [0.4, 0.5) is 29.3 Å². The number of urea groups is 1. The summed E-state index contributed by atoms with van der Waals surface area (Å²) >= 11 is 3.28. The van der Waals surface area contributed by atoms with Crippen molar-refractivity contribution in [1.29, 1.82) is 0 Å². The van der Waals surface area contributed by atoms with Crippen LogP contribution in [0.3, 0.4) is 0 Å². The quantitative estimate of drug-likeness (QED) is 0.354. The topological polar surface area (TPSA) is 84.7 Å². The van der Waals surface area contributed by atoms with E-state index in [9.17, 15) is 22.8 Å². The van der Waals surface area contributed by atoms with E-state index in [0.29, 0.717) is 11.3 Å². The lowest BCUT2D eigenvalue weighted by molar-refractivity contribution is -0.139. The number of hydrogen-bond acceptors (Lipinski definition) is 4. The Bertz CT molecular complexity index is 1020. The van der Waals surface area contributed by atoms with E-state index in [0.717, 1.165) is 17.0 Å². The Morgan fingerprint density at radius 2 is 1.90 bits per heavy atom. The number of alkyl halides is 4. The fourth-order valence-corrected chi connectivity index (χ4v) is 3.83. The number of allylic oxidation sites excluding steroid dienone is 1. The SMILES string of the molecule is CCOC(=O)C1=C(CBr)N(c2cccc(C(F)(F)F)c2)C(=O)NC1c1ccc(N)cc1. The first-order valence-corrected chi connectivity index (χ1v) is 10.4. The minimum atomic E-state index is -4.59. The molecule has 1 aliphatic rings. The van der Waals surface area contributed by atoms with E-state index in [1.165, 1.54) is 12.1 Å². The van der Waals surface area contributed by atoms with Gasteiger partial charge in [0.2, 0.25) is 0 Å². The number of carbonyl (C=O) groups is 2. The molecule has 1 heterocycles. The molecule has 2 aromatic rings. The van der Waals surface area contributed by atoms with Gasteiger partial charge in [0.15, 0.2) is 0 Å². The number of hydrogen-bond donors (Lipinski definition) is 2. The van der Waals surface area contributed by atoms with Gasteiger partial charge in [0.25, 0.3) is 0 Å². The van der Waals surface area contributed by atoms with Crippen LogP contribution in [0.5, 0.6) is 0 Å². The number of nitrogens with one attached hydrogen (secondary N) is 1. The number of rotatable bonds is 5. The second-order valence-corrected chi connectivity index (χ2v) is 7.21. The lowest BCUT2D eigenvalue weighted by atomic mass is 9.94. The van der Waals surface area contributed by atoms with Crippen molar-refractivity contribution in [3.63, 3.8) is 0 Å². The summed E-state index contributed by atoms with van der Waals surface area (Å²) < 4.78 is 44.8. The van der Waals surface area contributed by atoms with E-state index in [1.807, 2.05) is 0 Å². The molecule has 1 unspecified atom stereocenters. The van der Waals surface area contributed by atoms with Crippen LogP contribution in [-0.4, -0.2) is 23.9 Å². The molecule has 0 aromatic heterocycles. The summed E-state index contributed by atoms with van der Waals surface area (Å²) in [6, 6.07) is 9.36. The molecule has 1 atom stereocenters. The highest BCUT2D eigenvalue weighted by molar-refractivity contribution is 9.09. The lowest BCUT2D eigenvalue weighted by Gasteiger charge is -2.36. The van der Waals surface area contributed by atoms with E-state index in [2.05, 4.69) is 21.2 Å². The Morgan fingerprint density at radius 1 is 1.23 bits per heavy atom. The Hall–Kier alpha value is -3.01. The van der Waals surface area contributed by atoms with Crippen LogP contribution < -0.4 is 16.0 Å². The Labute approximate surface area is 185 Å². The number of nitrogens with zero attached hydrogens (tertiary/aromatic N) is 1. The number of esters is 1. The molecular formula is C21H19BrF3N3O3. The standard InChI is InChI=1S/C21H19BrF3N3O3/c1-2-31-19(29)17-16(11-22)28(15-5-3-4-13(10-15)21(23,24)25)20(30)27-18(17)12-6-8-14(26)9-7-12/h3-10,18H,2,11,26H2,1H3,(H,27,30). The zero-order valence-electron chi connectivity index (χ0n) is 16.4. The van der Waals surface area contributed by atoms with Crippen LogP contribution in [0.15, 0.2) is 59.8 Å². The van der Waals surface area contributed by atoms with E-state index < -0.39 is 29.8 Å². The minimum absolute atomic E-state index is 0.0241. The monoisotopic (exact) mass is 497 g/mol. The van der Waals surface area contributed by atoms with Crippen LogP contribution in [0.1, 0.15) is 24.1 Å². The summed E-state index contributed by atoms with van der Waals surface area (Å²) in [4.78, 5) is 26.9. The normalized spacial score (nSPS) is 16.9. The van der Waals surface area contributed by atoms with Gasteiger partial charge < -0.3 is 15.8 Å². The maximum atomic E-state index is 13.2. The maximum Gasteiger partial charge on any atom is 0.416 e. The first-order chi connectivity index (χ1) is 14.7. The molecule has 2 aromatic carbocycles. The van der Waals surface area contributed by atoms with Crippen molar-refractivity contribution >= 4 is 39.3 Å². The van der Waals surface area contributed by atoms with Gasteiger partial charge in [-0.25, -0.2) is 9.59 Å². The first-order valence-electron chi connectivity index (χ1n) is 9.26. The van der Waals surface area contributed by atoms with Gasteiger partial charge in [-0.2, -0.15) is 13.2 Å². The molecule has 2 amide bonds. The largest absolute Gasteiger partial charge is 0.463 e. The fraction of sp³-hybridized carbons (Fsp3) is 0.238. The van der Waals surface area contributed by atoms with Crippen LogP contribution >= 0.6 is 15.9 Å². The van der Waals surface area contributed by atoms with Crippen molar-refractivity contribution in [2.75, 3.05) is 22.6 Å². The van der Waals surface area contributed by atoms with Crippen LogP contribution in [0, 0.1) is 0 Å². The molecule has 1 aliphatic heterocycles. The summed E-state index contributed by atoms with van der Waals surface area (Å²) in [6.07, 6.45) is -4.59. The average molecular weight is 498 g/mol.